The molecule has 10 atom stereocenters. The summed E-state index contributed by atoms with van der Waals surface area (Å²) >= 11 is 0. The summed E-state index contributed by atoms with van der Waals surface area (Å²) in [5, 5.41) is 15.1. The molecular formula is C37H64N2O. The van der Waals surface area contributed by atoms with Gasteiger partial charge in [-0.05, 0) is 174 Å². The number of likely N-dealkylation sites (tertiary alicyclic amines) is 1. The maximum Gasteiger partial charge on any atom is 0.0594 e. The molecule has 0 bridgehead atoms. The lowest BCUT2D eigenvalue weighted by Gasteiger charge is -2.73. The van der Waals surface area contributed by atoms with Crippen LogP contribution in [0.25, 0.3) is 0 Å². The Balaban J connectivity index is 1.26. The molecule has 3 heteroatoms. The quantitative estimate of drug-likeness (QED) is 0.338. The molecule has 1 aliphatic heterocycles. The van der Waals surface area contributed by atoms with Crippen LogP contribution < -0.4 is 5.32 Å². The summed E-state index contributed by atoms with van der Waals surface area (Å²) < 4.78 is 0. The van der Waals surface area contributed by atoms with Gasteiger partial charge >= 0.3 is 0 Å². The number of rotatable bonds is 5. The summed E-state index contributed by atoms with van der Waals surface area (Å²) in [6, 6.07) is 0.724. The smallest absolute Gasteiger partial charge is 0.0594 e. The maximum absolute atomic E-state index is 11.1. The van der Waals surface area contributed by atoms with Gasteiger partial charge in [-0.25, -0.2) is 0 Å². The number of nitrogens with one attached hydrogen (secondary N) is 1. The molecule has 228 valence electrons. The lowest BCUT2D eigenvalue weighted by atomic mass is 9.32. The van der Waals surface area contributed by atoms with Crippen molar-refractivity contribution in [1.82, 2.24) is 10.2 Å². The van der Waals surface area contributed by atoms with Crippen LogP contribution in [0.2, 0.25) is 0 Å². The van der Waals surface area contributed by atoms with E-state index in [1.165, 1.54) is 102 Å². The Kier molecular flexibility index (Phi) is 7.48. The Labute approximate surface area is 247 Å². The standard InChI is InChI=1S/C37H64N2O/c1-25(2)27-11-18-37(21-22-38-26-14-23-39(8)24-15-26)20-19-35(6)28(32(27)37)9-10-30-34(5)16-13-31(40)33(3,4)29(34)12-17-36(30,35)7/h26-32,38,40H,1,9-24H2,2-8H3/t27-,28+,29-,30+,31-,32+,34-,35+,36+,37+/m0/s1. The van der Waals surface area contributed by atoms with Gasteiger partial charge in [0.1, 0.15) is 0 Å². The van der Waals surface area contributed by atoms with Gasteiger partial charge in [-0.2, -0.15) is 0 Å². The summed E-state index contributed by atoms with van der Waals surface area (Å²) in [7, 11) is 2.27. The van der Waals surface area contributed by atoms with Gasteiger partial charge in [0.05, 0.1) is 6.10 Å². The predicted octanol–water partition coefficient (Wildman–Crippen LogP) is 8.08. The van der Waals surface area contributed by atoms with Crippen LogP contribution in [0.15, 0.2) is 12.2 Å². The second kappa shape index (κ2) is 10.1. The molecule has 0 aromatic heterocycles. The molecular weight excluding hydrogens is 488 g/mol. The first-order chi connectivity index (χ1) is 18.8. The minimum Gasteiger partial charge on any atom is -0.393 e. The highest BCUT2D eigenvalue weighted by Gasteiger charge is 2.70. The first-order valence-corrected chi connectivity index (χ1v) is 17.5. The molecule has 0 amide bonds. The monoisotopic (exact) mass is 553 g/mol. The fraction of sp³-hybridized carbons (Fsp3) is 0.946. The lowest BCUT2D eigenvalue weighted by Crippen LogP contribution is -2.66. The third-order valence-electron chi connectivity index (χ3n) is 16.0. The van der Waals surface area contributed by atoms with Gasteiger partial charge in [-0.15, -0.1) is 0 Å². The summed E-state index contributed by atoms with van der Waals surface area (Å²) in [6.07, 6.45) is 17.3. The molecule has 0 unspecified atom stereocenters. The van der Waals surface area contributed by atoms with E-state index in [1.54, 1.807) is 0 Å². The number of hydrogen-bond acceptors (Lipinski definition) is 3. The number of allylic oxidation sites excluding steroid dienone is 1. The minimum absolute atomic E-state index is 0.0467. The van der Waals surface area contributed by atoms with Crippen LogP contribution in [0.5, 0.6) is 0 Å². The molecule has 1 saturated heterocycles. The molecule has 5 aliphatic carbocycles. The zero-order valence-corrected chi connectivity index (χ0v) is 27.5. The predicted molar refractivity (Wildman–Crippen MR) is 168 cm³/mol. The molecule has 6 aliphatic rings. The molecule has 5 saturated carbocycles. The topological polar surface area (TPSA) is 35.5 Å². The van der Waals surface area contributed by atoms with Gasteiger partial charge < -0.3 is 15.3 Å². The summed E-state index contributed by atoms with van der Waals surface area (Å²) in [5.74, 6) is 3.86. The highest BCUT2D eigenvalue weighted by atomic mass is 16.3. The fourth-order valence-corrected chi connectivity index (χ4v) is 13.4. The zero-order valence-electron chi connectivity index (χ0n) is 27.5. The molecule has 0 aromatic carbocycles. The molecule has 0 aromatic rings. The second-order valence-corrected chi connectivity index (χ2v) is 17.7. The van der Waals surface area contributed by atoms with Crippen LogP contribution in [0.1, 0.15) is 125 Å². The Morgan fingerprint density at radius 2 is 1.55 bits per heavy atom. The van der Waals surface area contributed by atoms with Crippen molar-refractivity contribution in [2.75, 3.05) is 26.7 Å². The van der Waals surface area contributed by atoms with Gasteiger partial charge in [0.15, 0.2) is 0 Å². The summed E-state index contributed by atoms with van der Waals surface area (Å²) in [6.45, 7) is 23.7. The average Bonchev–Trinajstić information content (AvgIpc) is 3.28. The molecule has 2 N–H and O–H groups in total. The summed E-state index contributed by atoms with van der Waals surface area (Å²) in [4.78, 5) is 2.49. The molecule has 40 heavy (non-hydrogen) atoms. The van der Waals surface area contributed by atoms with Crippen molar-refractivity contribution in [3.8, 4) is 0 Å². The Morgan fingerprint density at radius 3 is 2.25 bits per heavy atom. The average molecular weight is 553 g/mol. The Morgan fingerprint density at radius 1 is 0.825 bits per heavy atom. The van der Waals surface area contributed by atoms with Crippen molar-refractivity contribution in [2.45, 2.75) is 137 Å². The highest BCUT2D eigenvalue weighted by Crippen LogP contribution is 2.77. The van der Waals surface area contributed by atoms with Crippen LogP contribution in [-0.2, 0) is 0 Å². The molecule has 0 spiro atoms. The number of nitrogens with zero attached hydrogens (tertiary/aromatic N) is 1. The third kappa shape index (κ3) is 4.20. The Bertz CT molecular complexity index is 967. The van der Waals surface area contributed by atoms with Crippen LogP contribution in [0.4, 0.5) is 0 Å². The zero-order chi connectivity index (χ0) is 28.7. The van der Waals surface area contributed by atoms with Crippen molar-refractivity contribution in [1.29, 1.82) is 0 Å². The van der Waals surface area contributed by atoms with E-state index in [4.69, 9.17) is 0 Å². The molecule has 0 radical (unpaired) electrons. The van der Waals surface area contributed by atoms with Crippen molar-refractivity contribution in [3.05, 3.63) is 12.2 Å². The molecule has 3 nitrogen and oxygen atoms in total. The highest BCUT2D eigenvalue weighted by molar-refractivity contribution is 5.21. The van der Waals surface area contributed by atoms with E-state index in [9.17, 15) is 5.11 Å². The van der Waals surface area contributed by atoms with Crippen LogP contribution >= 0.6 is 0 Å². The third-order valence-corrected chi connectivity index (χ3v) is 16.0. The minimum atomic E-state index is -0.130. The van der Waals surface area contributed by atoms with Gasteiger partial charge in [0.2, 0.25) is 0 Å². The van der Waals surface area contributed by atoms with Gasteiger partial charge in [-0.3, -0.25) is 0 Å². The van der Waals surface area contributed by atoms with Crippen molar-refractivity contribution >= 4 is 0 Å². The number of aliphatic hydroxyl groups is 1. The number of piperidine rings is 1. The van der Waals surface area contributed by atoms with E-state index in [0.29, 0.717) is 27.6 Å². The molecule has 6 fully saturated rings. The van der Waals surface area contributed by atoms with Gasteiger partial charge in [0.25, 0.3) is 0 Å². The van der Waals surface area contributed by atoms with E-state index in [-0.39, 0.29) is 11.5 Å². The molecule has 1 heterocycles. The normalized spacial score (nSPS) is 50.9. The second-order valence-electron chi connectivity index (χ2n) is 17.7. The van der Waals surface area contributed by atoms with Crippen LogP contribution in [0.3, 0.4) is 0 Å². The van der Waals surface area contributed by atoms with Crippen LogP contribution in [-0.4, -0.2) is 48.8 Å². The van der Waals surface area contributed by atoms with Crippen LogP contribution in [0, 0.1) is 56.7 Å². The first-order valence-electron chi connectivity index (χ1n) is 17.5. The van der Waals surface area contributed by atoms with Gasteiger partial charge in [0, 0.05) is 6.04 Å². The van der Waals surface area contributed by atoms with E-state index < -0.39 is 0 Å². The SMILES string of the molecule is C=C(C)[C@@H]1CC[C@]2(CCNC3CCN(C)CC3)CC[C@]3(C)[C@H](CC[C@@H]4[C@@]5(C)CC[C@H](O)C(C)(C)[C@@H]5CC[C@]43C)[C@@H]12. The first kappa shape index (κ1) is 29.7. The fourth-order valence-electron chi connectivity index (χ4n) is 13.4. The van der Waals surface area contributed by atoms with Gasteiger partial charge in [-0.1, -0.05) is 46.8 Å². The molecule has 6 rings (SSSR count). The maximum atomic E-state index is 11.1. The van der Waals surface area contributed by atoms with E-state index in [2.05, 4.69) is 65.4 Å². The Hall–Kier alpha value is -0.380. The number of aliphatic hydroxyl groups excluding tert-OH is 1. The van der Waals surface area contributed by atoms with E-state index in [1.807, 2.05) is 0 Å². The lowest BCUT2D eigenvalue weighted by molar-refractivity contribution is -0.247. The number of hydrogen-bond donors (Lipinski definition) is 2. The summed E-state index contributed by atoms with van der Waals surface area (Å²) in [5.41, 5.74) is 3.27. The number of fused-ring (bicyclic) bond motifs is 7. The van der Waals surface area contributed by atoms with Crippen molar-refractivity contribution in [3.63, 3.8) is 0 Å². The largest absolute Gasteiger partial charge is 0.393 e. The van der Waals surface area contributed by atoms with E-state index >= 15 is 0 Å². The van der Waals surface area contributed by atoms with Crippen molar-refractivity contribution in [2.24, 2.45) is 56.7 Å². The van der Waals surface area contributed by atoms with E-state index in [0.717, 1.165) is 36.1 Å². The van der Waals surface area contributed by atoms with Crippen molar-refractivity contribution < 1.29 is 5.11 Å².